The van der Waals surface area contributed by atoms with E-state index in [-0.39, 0.29) is 0 Å². The van der Waals surface area contributed by atoms with Crippen LogP contribution in [0.5, 0.6) is 0 Å². The topological polar surface area (TPSA) is 32.5 Å². The maximum Gasteiger partial charge on any atom is 0.0171 e. The van der Waals surface area contributed by atoms with Crippen molar-refractivity contribution in [1.29, 1.82) is 0 Å². The highest BCUT2D eigenvalue weighted by Crippen LogP contribution is 2.11. The molecule has 0 amide bonds. The van der Waals surface area contributed by atoms with Gasteiger partial charge in [-0.25, -0.2) is 10.0 Å². The van der Waals surface area contributed by atoms with Crippen molar-refractivity contribution in [2.75, 3.05) is 33.7 Å². The summed E-state index contributed by atoms with van der Waals surface area (Å²) in [6, 6.07) is 0. The van der Waals surface area contributed by atoms with E-state index < -0.39 is 0 Å². The lowest BCUT2D eigenvalue weighted by atomic mass is 10.0. The molecule has 1 rings (SSSR count). The minimum atomic E-state index is 0.709. The largest absolute Gasteiger partial charge is 0.330 e. The SMILES string of the molecule is CN1CCC(CN)CN1C. The lowest BCUT2D eigenvalue weighted by Gasteiger charge is -2.37. The highest BCUT2D eigenvalue weighted by atomic mass is 15.6. The van der Waals surface area contributed by atoms with Gasteiger partial charge >= 0.3 is 0 Å². The van der Waals surface area contributed by atoms with E-state index in [1.54, 1.807) is 0 Å². The van der Waals surface area contributed by atoms with Crippen LogP contribution < -0.4 is 5.73 Å². The van der Waals surface area contributed by atoms with Crippen LogP contribution in [0.4, 0.5) is 0 Å². The zero-order valence-corrected chi connectivity index (χ0v) is 6.88. The molecule has 0 bridgehead atoms. The van der Waals surface area contributed by atoms with Gasteiger partial charge in [-0.05, 0) is 18.9 Å². The Morgan fingerprint density at radius 2 is 2.10 bits per heavy atom. The quantitative estimate of drug-likeness (QED) is 0.549. The van der Waals surface area contributed by atoms with Crippen molar-refractivity contribution in [2.24, 2.45) is 11.7 Å². The summed E-state index contributed by atoms with van der Waals surface area (Å²) in [5, 5.41) is 4.48. The van der Waals surface area contributed by atoms with Crippen LogP contribution in [0.15, 0.2) is 0 Å². The number of hydrogen-bond acceptors (Lipinski definition) is 3. The van der Waals surface area contributed by atoms with Crippen molar-refractivity contribution >= 4 is 0 Å². The van der Waals surface area contributed by atoms with Crippen molar-refractivity contribution in [1.82, 2.24) is 10.0 Å². The number of hydrogen-bond donors (Lipinski definition) is 1. The molecule has 0 saturated carbocycles. The molecule has 3 nitrogen and oxygen atoms in total. The Bertz CT molecular complexity index is 105. The molecule has 1 aliphatic heterocycles. The van der Waals surface area contributed by atoms with E-state index in [0.717, 1.165) is 19.6 Å². The van der Waals surface area contributed by atoms with Gasteiger partial charge in [-0.1, -0.05) is 0 Å². The Hall–Kier alpha value is -0.120. The summed E-state index contributed by atoms with van der Waals surface area (Å²) in [4.78, 5) is 0. The molecule has 0 aromatic carbocycles. The van der Waals surface area contributed by atoms with Crippen LogP contribution in [0.25, 0.3) is 0 Å². The summed E-state index contributed by atoms with van der Waals surface area (Å²) in [6.07, 6.45) is 1.25. The highest BCUT2D eigenvalue weighted by molar-refractivity contribution is 4.69. The van der Waals surface area contributed by atoms with Gasteiger partial charge in [-0.2, -0.15) is 0 Å². The van der Waals surface area contributed by atoms with Gasteiger partial charge in [0.25, 0.3) is 0 Å². The molecular weight excluding hydrogens is 126 g/mol. The van der Waals surface area contributed by atoms with Gasteiger partial charge in [0.1, 0.15) is 0 Å². The Balaban J connectivity index is 2.33. The molecule has 0 radical (unpaired) electrons. The average Bonchev–Trinajstić information content (AvgIpc) is 1.95. The molecule has 0 aromatic heterocycles. The Morgan fingerprint density at radius 3 is 2.60 bits per heavy atom. The van der Waals surface area contributed by atoms with Gasteiger partial charge in [-0.3, -0.25) is 0 Å². The number of nitrogens with zero attached hydrogens (tertiary/aromatic N) is 2. The second-order valence-electron chi connectivity index (χ2n) is 3.11. The fourth-order valence-electron chi connectivity index (χ4n) is 1.34. The third-order valence-electron chi connectivity index (χ3n) is 2.30. The summed E-state index contributed by atoms with van der Waals surface area (Å²) in [5.41, 5.74) is 5.57. The van der Waals surface area contributed by atoms with E-state index in [1.807, 2.05) is 0 Å². The summed E-state index contributed by atoms with van der Waals surface area (Å²) in [5.74, 6) is 0.709. The van der Waals surface area contributed by atoms with Crippen LogP contribution in [0.2, 0.25) is 0 Å². The van der Waals surface area contributed by atoms with Crippen molar-refractivity contribution in [3.8, 4) is 0 Å². The molecular formula is C7H17N3. The summed E-state index contributed by atoms with van der Waals surface area (Å²) >= 11 is 0. The third-order valence-corrected chi connectivity index (χ3v) is 2.30. The molecule has 0 aliphatic carbocycles. The monoisotopic (exact) mass is 143 g/mol. The first-order chi connectivity index (χ1) is 4.74. The molecule has 1 aliphatic rings. The van der Waals surface area contributed by atoms with Crippen molar-refractivity contribution in [3.05, 3.63) is 0 Å². The van der Waals surface area contributed by atoms with Crippen LogP contribution in [0.1, 0.15) is 6.42 Å². The van der Waals surface area contributed by atoms with E-state index in [9.17, 15) is 0 Å². The van der Waals surface area contributed by atoms with Crippen LogP contribution in [-0.2, 0) is 0 Å². The molecule has 1 heterocycles. The molecule has 1 unspecified atom stereocenters. The van der Waals surface area contributed by atoms with Gasteiger partial charge in [0.15, 0.2) is 0 Å². The second-order valence-corrected chi connectivity index (χ2v) is 3.11. The van der Waals surface area contributed by atoms with Crippen LogP contribution in [0.3, 0.4) is 0 Å². The fraction of sp³-hybridized carbons (Fsp3) is 1.00. The first-order valence-electron chi connectivity index (χ1n) is 3.86. The minimum Gasteiger partial charge on any atom is -0.330 e. The Labute approximate surface area is 62.8 Å². The third kappa shape index (κ3) is 1.68. The fourth-order valence-corrected chi connectivity index (χ4v) is 1.34. The number of rotatable bonds is 1. The van der Waals surface area contributed by atoms with Gasteiger partial charge in [-0.15, -0.1) is 0 Å². The maximum absolute atomic E-state index is 5.57. The van der Waals surface area contributed by atoms with E-state index >= 15 is 0 Å². The van der Waals surface area contributed by atoms with Gasteiger partial charge in [0, 0.05) is 27.2 Å². The molecule has 0 spiro atoms. The predicted octanol–water partition coefficient (Wildman–Crippen LogP) is -0.256. The molecule has 3 heteroatoms. The molecule has 1 atom stereocenters. The van der Waals surface area contributed by atoms with Gasteiger partial charge in [0.05, 0.1) is 0 Å². The predicted molar refractivity (Wildman–Crippen MR) is 42.4 cm³/mol. The molecule has 2 N–H and O–H groups in total. The van der Waals surface area contributed by atoms with Crippen LogP contribution >= 0.6 is 0 Å². The zero-order valence-electron chi connectivity index (χ0n) is 6.88. The Kier molecular flexibility index (Phi) is 2.65. The van der Waals surface area contributed by atoms with Crippen LogP contribution in [0, 0.1) is 5.92 Å². The smallest absolute Gasteiger partial charge is 0.0171 e. The lowest BCUT2D eigenvalue weighted by Crippen LogP contribution is -2.47. The standard InChI is InChI=1S/C7H17N3/c1-9-4-3-7(5-8)6-10(9)2/h7H,3-6,8H2,1-2H3. The first kappa shape index (κ1) is 7.98. The zero-order chi connectivity index (χ0) is 7.56. The minimum absolute atomic E-state index is 0.709. The van der Waals surface area contributed by atoms with Crippen molar-refractivity contribution < 1.29 is 0 Å². The van der Waals surface area contributed by atoms with E-state index in [1.165, 1.54) is 6.42 Å². The van der Waals surface area contributed by atoms with E-state index in [2.05, 4.69) is 24.1 Å². The first-order valence-corrected chi connectivity index (χ1v) is 3.86. The Morgan fingerprint density at radius 1 is 1.40 bits per heavy atom. The lowest BCUT2D eigenvalue weighted by molar-refractivity contribution is -0.0240. The van der Waals surface area contributed by atoms with E-state index in [4.69, 9.17) is 5.73 Å². The second kappa shape index (κ2) is 3.32. The molecule has 1 fully saturated rings. The summed E-state index contributed by atoms with van der Waals surface area (Å²) in [6.45, 7) is 3.10. The molecule has 10 heavy (non-hydrogen) atoms. The van der Waals surface area contributed by atoms with E-state index in [0.29, 0.717) is 5.92 Å². The highest BCUT2D eigenvalue weighted by Gasteiger charge is 2.18. The molecule has 1 saturated heterocycles. The normalized spacial score (nSPS) is 30.9. The number of hydrazine groups is 1. The van der Waals surface area contributed by atoms with Crippen molar-refractivity contribution in [2.45, 2.75) is 6.42 Å². The van der Waals surface area contributed by atoms with Gasteiger partial charge < -0.3 is 5.73 Å². The van der Waals surface area contributed by atoms with Crippen LogP contribution in [-0.4, -0.2) is 43.7 Å². The molecule has 0 aromatic rings. The van der Waals surface area contributed by atoms with Crippen molar-refractivity contribution in [3.63, 3.8) is 0 Å². The summed E-state index contributed by atoms with van der Waals surface area (Å²) in [7, 11) is 4.23. The average molecular weight is 143 g/mol. The van der Waals surface area contributed by atoms with Gasteiger partial charge in [0.2, 0.25) is 0 Å². The summed E-state index contributed by atoms with van der Waals surface area (Å²) < 4.78 is 0. The number of nitrogens with two attached hydrogens (primary N) is 1. The molecule has 60 valence electrons. The maximum atomic E-state index is 5.57.